The number of fused-ring (bicyclic) bond motifs is 1. The summed E-state index contributed by atoms with van der Waals surface area (Å²) in [7, 11) is 0. The molecule has 2 nitrogen and oxygen atoms in total. The van der Waals surface area contributed by atoms with Gasteiger partial charge in [-0.3, -0.25) is 4.79 Å². The number of unbranched alkanes of at least 4 members (excludes halogenated alkanes) is 11. The molecule has 2 heteroatoms. The summed E-state index contributed by atoms with van der Waals surface area (Å²) in [5, 5.41) is 11.7. The van der Waals surface area contributed by atoms with Gasteiger partial charge >= 0.3 is 5.97 Å². The Morgan fingerprint density at radius 2 is 1.30 bits per heavy atom. The molecule has 0 radical (unpaired) electrons. The van der Waals surface area contributed by atoms with Crippen LogP contribution in [0.1, 0.15) is 115 Å². The van der Waals surface area contributed by atoms with Gasteiger partial charge in [0.05, 0.1) is 0 Å². The standard InChI is InChI=1S/C28H42O2/c1-2-3-4-5-6-7-8-9-10-11-12-13-17-25(22-23-28(29)30)27-21-16-19-24-18-14-15-20-26(24)27/h14-16,18-21,25H,2-13,17,22-23H2,1H3,(H,29,30). The van der Waals surface area contributed by atoms with Crippen LogP contribution in [0.5, 0.6) is 0 Å². The molecule has 0 fully saturated rings. The van der Waals surface area contributed by atoms with Crippen LogP contribution in [-0.2, 0) is 4.79 Å². The van der Waals surface area contributed by atoms with Gasteiger partial charge in [-0.2, -0.15) is 0 Å². The normalized spacial score (nSPS) is 12.3. The third kappa shape index (κ3) is 9.32. The Kier molecular flexibility index (Phi) is 12.3. The molecule has 30 heavy (non-hydrogen) atoms. The van der Waals surface area contributed by atoms with Gasteiger partial charge in [-0.05, 0) is 35.1 Å². The molecule has 2 rings (SSSR count). The van der Waals surface area contributed by atoms with Crippen molar-refractivity contribution in [1.29, 1.82) is 0 Å². The molecule has 166 valence electrons. The van der Waals surface area contributed by atoms with E-state index in [2.05, 4.69) is 49.4 Å². The number of carboxylic acids is 1. The maximum absolute atomic E-state index is 11.2. The number of rotatable bonds is 17. The molecule has 0 heterocycles. The van der Waals surface area contributed by atoms with E-state index in [4.69, 9.17) is 0 Å². The minimum Gasteiger partial charge on any atom is -0.481 e. The first-order valence-electron chi connectivity index (χ1n) is 12.4. The number of aliphatic carboxylic acids is 1. The van der Waals surface area contributed by atoms with Crippen LogP contribution < -0.4 is 0 Å². The summed E-state index contributed by atoms with van der Waals surface area (Å²) in [4.78, 5) is 11.2. The molecule has 2 aromatic rings. The summed E-state index contributed by atoms with van der Waals surface area (Å²) in [5.41, 5.74) is 1.33. The summed E-state index contributed by atoms with van der Waals surface area (Å²) in [6.07, 6.45) is 18.4. The Balaban J connectivity index is 1.71. The van der Waals surface area contributed by atoms with Crippen LogP contribution in [0.25, 0.3) is 10.8 Å². The van der Waals surface area contributed by atoms with Crippen LogP contribution in [0, 0.1) is 0 Å². The highest BCUT2D eigenvalue weighted by atomic mass is 16.4. The van der Waals surface area contributed by atoms with Crippen LogP contribution in [0.3, 0.4) is 0 Å². The molecule has 1 N–H and O–H groups in total. The SMILES string of the molecule is CCCCCCCCCCCCCCC(CCC(=O)O)c1cccc2ccccc12. The highest BCUT2D eigenvalue weighted by Crippen LogP contribution is 2.33. The summed E-state index contributed by atoms with van der Waals surface area (Å²) >= 11 is 0. The van der Waals surface area contributed by atoms with Crippen molar-refractivity contribution < 1.29 is 9.90 Å². The second kappa shape index (κ2) is 15.0. The third-order valence-corrected chi connectivity index (χ3v) is 6.38. The molecule has 0 saturated carbocycles. The lowest BCUT2D eigenvalue weighted by Crippen LogP contribution is -2.04. The van der Waals surface area contributed by atoms with Gasteiger partial charge in [0.1, 0.15) is 0 Å². The van der Waals surface area contributed by atoms with Crippen LogP contribution in [-0.4, -0.2) is 11.1 Å². The van der Waals surface area contributed by atoms with Crippen LogP contribution >= 0.6 is 0 Å². The highest BCUT2D eigenvalue weighted by molar-refractivity contribution is 5.86. The number of benzene rings is 2. The zero-order valence-corrected chi connectivity index (χ0v) is 19.1. The minimum absolute atomic E-state index is 0.256. The van der Waals surface area contributed by atoms with Gasteiger partial charge in [0.25, 0.3) is 0 Å². The van der Waals surface area contributed by atoms with E-state index in [1.807, 2.05) is 0 Å². The Morgan fingerprint density at radius 1 is 0.733 bits per heavy atom. The van der Waals surface area contributed by atoms with Crippen molar-refractivity contribution in [3.05, 3.63) is 48.0 Å². The molecule has 0 bridgehead atoms. The van der Waals surface area contributed by atoms with Gasteiger partial charge in [-0.25, -0.2) is 0 Å². The third-order valence-electron chi connectivity index (χ3n) is 6.38. The van der Waals surface area contributed by atoms with Crippen molar-refractivity contribution in [3.63, 3.8) is 0 Å². The van der Waals surface area contributed by atoms with Crippen molar-refractivity contribution in [2.24, 2.45) is 0 Å². The summed E-state index contributed by atoms with van der Waals surface area (Å²) in [5.74, 6) is -0.342. The second-order valence-electron chi connectivity index (χ2n) is 8.88. The Hall–Kier alpha value is -1.83. The summed E-state index contributed by atoms with van der Waals surface area (Å²) in [6.45, 7) is 2.27. The lowest BCUT2D eigenvalue weighted by molar-refractivity contribution is -0.137. The van der Waals surface area contributed by atoms with E-state index in [-0.39, 0.29) is 6.42 Å². The molecule has 0 aliphatic rings. The fourth-order valence-corrected chi connectivity index (χ4v) is 4.59. The molecule has 0 aliphatic heterocycles. The maximum Gasteiger partial charge on any atom is 0.303 e. The average molecular weight is 411 g/mol. The van der Waals surface area contributed by atoms with Gasteiger partial charge in [-0.1, -0.05) is 126 Å². The summed E-state index contributed by atoms with van der Waals surface area (Å²) in [6, 6.07) is 15.0. The fraction of sp³-hybridized carbons (Fsp3) is 0.607. The Labute approximate surface area is 184 Å². The van der Waals surface area contributed by atoms with Crippen molar-refractivity contribution in [3.8, 4) is 0 Å². The van der Waals surface area contributed by atoms with E-state index in [1.54, 1.807) is 0 Å². The predicted octanol–water partition coefficient (Wildman–Crippen LogP) is 8.88. The maximum atomic E-state index is 11.2. The quantitative estimate of drug-likeness (QED) is 0.264. The van der Waals surface area contributed by atoms with Gasteiger partial charge in [0, 0.05) is 6.42 Å². The van der Waals surface area contributed by atoms with Crippen molar-refractivity contribution in [2.45, 2.75) is 109 Å². The molecule has 0 saturated heterocycles. The van der Waals surface area contributed by atoms with Crippen LogP contribution in [0.4, 0.5) is 0 Å². The number of hydrogen-bond acceptors (Lipinski definition) is 1. The van der Waals surface area contributed by atoms with Crippen LogP contribution in [0.15, 0.2) is 42.5 Å². The van der Waals surface area contributed by atoms with Crippen molar-refractivity contribution in [1.82, 2.24) is 0 Å². The number of hydrogen-bond donors (Lipinski definition) is 1. The van der Waals surface area contributed by atoms with Gasteiger partial charge in [0.15, 0.2) is 0 Å². The van der Waals surface area contributed by atoms with Gasteiger partial charge in [0.2, 0.25) is 0 Å². The number of carbonyl (C=O) groups is 1. The Morgan fingerprint density at radius 3 is 1.93 bits per heavy atom. The molecular weight excluding hydrogens is 368 g/mol. The van der Waals surface area contributed by atoms with E-state index < -0.39 is 5.97 Å². The molecule has 0 spiro atoms. The zero-order chi connectivity index (χ0) is 21.4. The first-order chi connectivity index (χ1) is 14.7. The van der Waals surface area contributed by atoms with E-state index >= 15 is 0 Å². The van der Waals surface area contributed by atoms with Crippen molar-refractivity contribution >= 4 is 16.7 Å². The molecule has 0 aliphatic carbocycles. The molecule has 1 atom stereocenters. The van der Waals surface area contributed by atoms with E-state index in [0.717, 1.165) is 12.8 Å². The smallest absolute Gasteiger partial charge is 0.303 e. The molecule has 1 unspecified atom stereocenters. The Bertz CT molecular complexity index is 716. The first-order valence-corrected chi connectivity index (χ1v) is 12.4. The van der Waals surface area contributed by atoms with Gasteiger partial charge < -0.3 is 5.11 Å². The van der Waals surface area contributed by atoms with E-state index in [9.17, 15) is 9.90 Å². The molecule has 0 aromatic heterocycles. The van der Waals surface area contributed by atoms with E-state index in [0.29, 0.717) is 5.92 Å². The highest BCUT2D eigenvalue weighted by Gasteiger charge is 2.15. The lowest BCUT2D eigenvalue weighted by atomic mass is 9.86. The predicted molar refractivity (Wildman–Crippen MR) is 129 cm³/mol. The topological polar surface area (TPSA) is 37.3 Å². The average Bonchev–Trinajstić information content (AvgIpc) is 2.76. The summed E-state index contributed by atoms with van der Waals surface area (Å²) < 4.78 is 0. The largest absolute Gasteiger partial charge is 0.481 e. The zero-order valence-electron chi connectivity index (χ0n) is 19.1. The monoisotopic (exact) mass is 410 g/mol. The lowest BCUT2D eigenvalue weighted by Gasteiger charge is -2.19. The molecular formula is C28H42O2. The van der Waals surface area contributed by atoms with Crippen LogP contribution in [0.2, 0.25) is 0 Å². The minimum atomic E-state index is -0.685. The van der Waals surface area contributed by atoms with E-state index in [1.165, 1.54) is 93.4 Å². The first kappa shape index (κ1) is 24.4. The second-order valence-corrected chi connectivity index (χ2v) is 8.88. The van der Waals surface area contributed by atoms with Gasteiger partial charge in [-0.15, -0.1) is 0 Å². The fourth-order valence-electron chi connectivity index (χ4n) is 4.59. The molecule has 0 amide bonds. The number of carboxylic acid groups (broad SMARTS) is 1. The molecule has 2 aromatic carbocycles. The van der Waals surface area contributed by atoms with Crippen molar-refractivity contribution in [2.75, 3.05) is 0 Å².